The minimum Gasteiger partial charge on any atom is -0.480 e. The molecule has 0 radical (unpaired) electrons. The quantitative estimate of drug-likeness (QED) is 0.188. The Hall–Kier alpha value is -4.92. The lowest BCUT2D eigenvalue weighted by molar-refractivity contribution is -0.142. The number of aliphatic carboxylic acids is 1. The Kier molecular flexibility index (Phi) is 9.30. The smallest absolute Gasteiger partial charge is 0.326 e. The lowest BCUT2D eigenvalue weighted by Gasteiger charge is -2.24. The van der Waals surface area contributed by atoms with Crippen LogP contribution in [0.1, 0.15) is 23.6 Å². The average Bonchev–Trinajstić information content (AvgIpc) is 3.35. The highest BCUT2D eigenvalue weighted by Crippen LogP contribution is 2.19. The van der Waals surface area contributed by atoms with Crippen molar-refractivity contribution in [3.8, 4) is 0 Å². The van der Waals surface area contributed by atoms with Crippen LogP contribution in [0.2, 0.25) is 0 Å². The number of rotatable bonds is 12. The second-order valence-electron chi connectivity index (χ2n) is 9.66. The molecule has 0 fully saturated rings. The molecule has 40 heavy (non-hydrogen) atoms. The number of aromatic amines is 1. The molecule has 4 aromatic rings. The zero-order valence-corrected chi connectivity index (χ0v) is 22.1. The van der Waals surface area contributed by atoms with Gasteiger partial charge in [-0.1, -0.05) is 78.9 Å². The molecule has 0 aliphatic heterocycles. The number of hydrogen-bond donors (Lipinski definition) is 5. The van der Waals surface area contributed by atoms with Crippen molar-refractivity contribution in [2.75, 3.05) is 0 Å². The number of carboxylic acids is 1. The van der Waals surface area contributed by atoms with Gasteiger partial charge in [-0.15, -0.1) is 0 Å². The van der Waals surface area contributed by atoms with E-state index in [-0.39, 0.29) is 25.2 Å². The summed E-state index contributed by atoms with van der Waals surface area (Å²) in [6, 6.07) is 22.6. The number of aromatic nitrogens is 1. The van der Waals surface area contributed by atoms with Gasteiger partial charge in [0.15, 0.2) is 0 Å². The highest BCUT2D eigenvalue weighted by Gasteiger charge is 2.30. The molecule has 206 valence electrons. The Bertz CT molecular complexity index is 1470. The number of hydrogen-bond acceptors (Lipinski definition) is 4. The highest BCUT2D eigenvalue weighted by atomic mass is 16.4. The molecule has 3 amide bonds. The topological polar surface area (TPSA) is 140 Å². The molecule has 0 aliphatic carbocycles. The van der Waals surface area contributed by atoms with Crippen LogP contribution in [0, 0.1) is 0 Å². The maximum absolute atomic E-state index is 13.5. The van der Waals surface area contributed by atoms with Gasteiger partial charge < -0.3 is 26.0 Å². The molecule has 0 saturated heterocycles. The lowest BCUT2D eigenvalue weighted by Crippen LogP contribution is -2.57. The first-order valence-corrected chi connectivity index (χ1v) is 13.0. The van der Waals surface area contributed by atoms with Crippen molar-refractivity contribution in [3.05, 3.63) is 108 Å². The van der Waals surface area contributed by atoms with Crippen molar-refractivity contribution in [2.24, 2.45) is 0 Å². The van der Waals surface area contributed by atoms with Gasteiger partial charge in [-0.3, -0.25) is 14.4 Å². The first kappa shape index (κ1) is 28.1. The van der Waals surface area contributed by atoms with Gasteiger partial charge in [0.1, 0.15) is 18.1 Å². The van der Waals surface area contributed by atoms with Crippen LogP contribution in [0.25, 0.3) is 10.9 Å². The highest BCUT2D eigenvalue weighted by molar-refractivity contribution is 5.94. The lowest BCUT2D eigenvalue weighted by atomic mass is 10.0. The summed E-state index contributed by atoms with van der Waals surface area (Å²) in [5, 5.41) is 18.9. The summed E-state index contributed by atoms with van der Waals surface area (Å²) >= 11 is 0. The van der Waals surface area contributed by atoms with Gasteiger partial charge in [0.05, 0.1) is 0 Å². The predicted molar refractivity (Wildman–Crippen MR) is 151 cm³/mol. The monoisotopic (exact) mass is 540 g/mol. The summed E-state index contributed by atoms with van der Waals surface area (Å²) in [6.07, 6.45) is 2.15. The van der Waals surface area contributed by atoms with E-state index >= 15 is 0 Å². The van der Waals surface area contributed by atoms with Crippen molar-refractivity contribution in [2.45, 2.75) is 44.3 Å². The standard InChI is InChI=1S/C31H32N4O5/c1-20(36)33-26(16-21-10-4-2-5-11-21)29(37)34-27(17-22-12-6-3-7-13-22)30(38)35-28(31(39)40)18-23-19-32-25-15-9-8-14-24(23)25/h2-15,19,26-28,32H,16-18H2,1H3,(H,33,36)(H,34,37)(H,35,38)(H,39,40)/t26-,27-,28-/m0/s1. The van der Waals surface area contributed by atoms with Crippen LogP contribution >= 0.6 is 0 Å². The summed E-state index contributed by atoms with van der Waals surface area (Å²) in [5.74, 6) is -2.75. The molecule has 0 spiro atoms. The Morgan fingerprint density at radius 3 is 1.73 bits per heavy atom. The first-order valence-electron chi connectivity index (χ1n) is 13.0. The van der Waals surface area contributed by atoms with Crippen LogP contribution in [-0.4, -0.2) is 51.9 Å². The van der Waals surface area contributed by atoms with Gasteiger partial charge in [-0.05, 0) is 22.8 Å². The molecule has 5 N–H and O–H groups in total. The first-order chi connectivity index (χ1) is 19.3. The van der Waals surface area contributed by atoms with Crippen LogP contribution in [0.5, 0.6) is 0 Å². The summed E-state index contributed by atoms with van der Waals surface area (Å²) in [7, 11) is 0. The van der Waals surface area contributed by atoms with E-state index in [1.165, 1.54) is 6.92 Å². The zero-order valence-electron chi connectivity index (χ0n) is 22.1. The second-order valence-corrected chi connectivity index (χ2v) is 9.66. The Morgan fingerprint density at radius 1 is 0.675 bits per heavy atom. The average molecular weight is 541 g/mol. The number of carbonyl (C=O) groups excluding carboxylic acids is 3. The third-order valence-electron chi connectivity index (χ3n) is 6.61. The summed E-state index contributed by atoms with van der Waals surface area (Å²) in [4.78, 5) is 54.1. The Labute approximate surface area is 232 Å². The fourth-order valence-corrected chi connectivity index (χ4v) is 4.63. The number of benzene rings is 3. The summed E-state index contributed by atoms with van der Waals surface area (Å²) in [5.41, 5.74) is 3.24. The molecule has 4 rings (SSSR count). The molecule has 1 heterocycles. The number of para-hydroxylation sites is 1. The number of nitrogens with one attached hydrogen (secondary N) is 4. The van der Waals surface area contributed by atoms with Gasteiger partial charge in [-0.25, -0.2) is 4.79 Å². The maximum Gasteiger partial charge on any atom is 0.326 e. The maximum atomic E-state index is 13.5. The fraction of sp³-hybridized carbons (Fsp3) is 0.226. The van der Waals surface area contributed by atoms with Crippen LogP contribution in [0.3, 0.4) is 0 Å². The van der Waals surface area contributed by atoms with E-state index in [1.54, 1.807) is 6.20 Å². The van der Waals surface area contributed by atoms with Crippen molar-refractivity contribution in [1.82, 2.24) is 20.9 Å². The number of H-pyrrole nitrogens is 1. The van der Waals surface area contributed by atoms with E-state index in [0.29, 0.717) is 0 Å². The largest absolute Gasteiger partial charge is 0.480 e. The number of carbonyl (C=O) groups is 4. The molecule has 0 bridgehead atoms. The SMILES string of the molecule is CC(=O)N[C@@H](Cc1ccccc1)C(=O)N[C@@H](Cc1ccccc1)C(=O)N[C@@H](Cc1c[nH]c2ccccc12)C(=O)O. The van der Waals surface area contributed by atoms with E-state index in [0.717, 1.165) is 27.6 Å². The number of carboxylic acid groups (broad SMARTS) is 1. The normalized spacial score (nSPS) is 13.1. The Balaban J connectivity index is 1.54. The van der Waals surface area contributed by atoms with Gasteiger partial charge in [0.2, 0.25) is 17.7 Å². The van der Waals surface area contributed by atoms with Crippen LogP contribution in [-0.2, 0) is 38.4 Å². The van der Waals surface area contributed by atoms with Gasteiger partial charge in [0, 0.05) is 43.3 Å². The van der Waals surface area contributed by atoms with Crippen LogP contribution in [0.4, 0.5) is 0 Å². The van der Waals surface area contributed by atoms with Crippen LogP contribution in [0.15, 0.2) is 91.1 Å². The third kappa shape index (κ3) is 7.57. The summed E-state index contributed by atoms with van der Waals surface area (Å²) in [6.45, 7) is 1.32. The van der Waals surface area contributed by atoms with Crippen molar-refractivity contribution in [1.29, 1.82) is 0 Å². The molecule has 1 aromatic heterocycles. The summed E-state index contributed by atoms with van der Waals surface area (Å²) < 4.78 is 0. The fourth-order valence-electron chi connectivity index (χ4n) is 4.63. The minimum absolute atomic E-state index is 0.0552. The molecule has 3 aromatic carbocycles. The van der Waals surface area contributed by atoms with Crippen molar-refractivity contribution in [3.63, 3.8) is 0 Å². The van der Waals surface area contributed by atoms with Crippen LogP contribution < -0.4 is 16.0 Å². The van der Waals surface area contributed by atoms with E-state index in [4.69, 9.17) is 0 Å². The zero-order chi connectivity index (χ0) is 28.5. The molecule has 9 nitrogen and oxygen atoms in total. The molecule has 9 heteroatoms. The van der Waals surface area contributed by atoms with Crippen molar-refractivity contribution >= 4 is 34.6 Å². The number of amides is 3. The van der Waals surface area contributed by atoms with E-state index < -0.39 is 35.9 Å². The van der Waals surface area contributed by atoms with Gasteiger partial charge in [0.25, 0.3) is 0 Å². The third-order valence-corrected chi connectivity index (χ3v) is 6.61. The number of fused-ring (bicyclic) bond motifs is 1. The molecule has 0 saturated carbocycles. The molecule has 3 atom stereocenters. The van der Waals surface area contributed by atoms with E-state index in [1.807, 2.05) is 84.9 Å². The Morgan fingerprint density at radius 2 is 1.18 bits per heavy atom. The van der Waals surface area contributed by atoms with Gasteiger partial charge >= 0.3 is 5.97 Å². The molecular weight excluding hydrogens is 508 g/mol. The second kappa shape index (κ2) is 13.2. The van der Waals surface area contributed by atoms with E-state index in [9.17, 15) is 24.3 Å². The minimum atomic E-state index is -1.22. The van der Waals surface area contributed by atoms with E-state index in [2.05, 4.69) is 20.9 Å². The van der Waals surface area contributed by atoms with Crippen molar-refractivity contribution < 1.29 is 24.3 Å². The predicted octanol–water partition coefficient (Wildman–Crippen LogP) is 2.75. The molecular formula is C31H32N4O5. The van der Waals surface area contributed by atoms with Gasteiger partial charge in [-0.2, -0.15) is 0 Å². The molecule has 0 aliphatic rings. The molecule has 0 unspecified atom stereocenters.